The van der Waals surface area contributed by atoms with Crippen molar-refractivity contribution in [1.82, 2.24) is 0 Å². The van der Waals surface area contributed by atoms with Crippen molar-refractivity contribution in [2.24, 2.45) is 23.7 Å². The highest BCUT2D eigenvalue weighted by Crippen LogP contribution is 2.52. The van der Waals surface area contributed by atoms with Crippen molar-refractivity contribution in [3.63, 3.8) is 0 Å². The number of carbonyl (C=O) groups is 3. The van der Waals surface area contributed by atoms with Gasteiger partial charge in [-0.1, -0.05) is 6.07 Å². The zero-order valence-electron chi connectivity index (χ0n) is 13.7. The Morgan fingerprint density at radius 2 is 1.83 bits per heavy atom. The van der Waals surface area contributed by atoms with Crippen molar-refractivity contribution < 1.29 is 24.2 Å². The minimum Gasteiger partial charge on any atom is -0.481 e. The average Bonchev–Trinajstić information content (AvgIpc) is 3.17. The number of nitrogens with one attached hydrogen (secondary N) is 1. The predicted molar refractivity (Wildman–Crippen MR) is 86.6 cm³/mol. The van der Waals surface area contributed by atoms with Gasteiger partial charge in [0.2, 0.25) is 5.91 Å². The van der Waals surface area contributed by atoms with Crippen LogP contribution in [0.5, 0.6) is 0 Å². The number of hydrogen-bond donors (Lipinski definition) is 2. The van der Waals surface area contributed by atoms with E-state index in [1.165, 1.54) is 7.11 Å². The van der Waals surface area contributed by atoms with E-state index in [1.54, 1.807) is 18.2 Å². The summed E-state index contributed by atoms with van der Waals surface area (Å²) in [6, 6.07) is 4.94. The fraction of sp³-hybridized carbons (Fsp3) is 0.500. The fourth-order valence-electron chi connectivity index (χ4n) is 4.24. The lowest BCUT2D eigenvalue weighted by molar-refractivity contribution is -0.148. The number of carbonyl (C=O) groups excluding carboxylic acids is 2. The van der Waals surface area contributed by atoms with Gasteiger partial charge in [0, 0.05) is 5.69 Å². The van der Waals surface area contributed by atoms with E-state index in [4.69, 9.17) is 4.74 Å². The lowest BCUT2D eigenvalue weighted by Gasteiger charge is -2.27. The first kappa shape index (κ1) is 16.5. The Hall–Kier alpha value is -2.37. The topological polar surface area (TPSA) is 92.7 Å². The van der Waals surface area contributed by atoms with Gasteiger partial charge in [0.15, 0.2) is 0 Å². The quantitative estimate of drug-likeness (QED) is 0.827. The molecule has 2 aliphatic rings. The van der Waals surface area contributed by atoms with Crippen LogP contribution >= 0.6 is 0 Å². The van der Waals surface area contributed by atoms with E-state index in [0.717, 1.165) is 24.8 Å². The van der Waals surface area contributed by atoms with Crippen LogP contribution < -0.4 is 5.32 Å². The number of carboxylic acids is 1. The molecule has 1 aromatic rings. The van der Waals surface area contributed by atoms with E-state index < -0.39 is 23.8 Å². The maximum absolute atomic E-state index is 12.7. The molecule has 0 aliphatic heterocycles. The van der Waals surface area contributed by atoms with Gasteiger partial charge in [0.05, 0.1) is 24.5 Å². The summed E-state index contributed by atoms with van der Waals surface area (Å²) >= 11 is 0. The third kappa shape index (κ3) is 2.77. The molecule has 128 valence electrons. The van der Waals surface area contributed by atoms with Crippen molar-refractivity contribution >= 4 is 23.5 Å². The van der Waals surface area contributed by atoms with E-state index in [-0.39, 0.29) is 17.7 Å². The summed E-state index contributed by atoms with van der Waals surface area (Å²) in [5.74, 6) is -2.49. The van der Waals surface area contributed by atoms with Gasteiger partial charge < -0.3 is 15.2 Å². The first-order valence-electron chi connectivity index (χ1n) is 8.15. The Bertz CT molecular complexity index is 699. The second-order valence-electron chi connectivity index (χ2n) is 6.73. The van der Waals surface area contributed by atoms with Gasteiger partial charge >= 0.3 is 11.9 Å². The summed E-state index contributed by atoms with van der Waals surface area (Å²) in [7, 11) is 1.30. The molecule has 2 N–H and O–H groups in total. The number of rotatable bonds is 4. The molecule has 2 fully saturated rings. The van der Waals surface area contributed by atoms with Crippen LogP contribution in [0.25, 0.3) is 0 Å². The maximum atomic E-state index is 12.7. The number of aryl methyl sites for hydroxylation is 1. The number of anilines is 1. The van der Waals surface area contributed by atoms with Gasteiger partial charge in [-0.15, -0.1) is 0 Å². The van der Waals surface area contributed by atoms with Gasteiger partial charge in [-0.3, -0.25) is 9.59 Å². The molecule has 0 aromatic heterocycles. The molecule has 2 bridgehead atoms. The van der Waals surface area contributed by atoms with Crippen LogP contribution in [0, 0.1) is 30.6 Å². The largest absolute Gasteiger partial charge is 0.481 e. The Kier molecular flexibility index (Phi) is 4.30. The number of aliphatic carboxylic acids is 1. The van der Waals surface area contributed by atoms with Crippen LogP contribution in [0.15, 0.2) is 18.2 Å². The van der Waals surface area contributed by atoms with Crippen LogP contribution in [0.3, 0.4) is 0 Å². The van der Waals surface area contributed by atoms with Crippen LogP contribution in [-0.2, 0) is 14.3 Å². The summed E-state index contributed by atoms with van der Waals surface area (Å²) in [6.45, 7) is 1.83. The van der Waals surface area contributed by atoms with E-state index in [1.807, 2.05) is 6.92 Å². The second kappa shape index (κ2) is 6.26. The standard InChI is InChI=1S/C18H21NO5/c1-9-3-4-12(18(23)24-2)8-13(9)19-16(20)14-10-5-6-11(7-10)15(14)17(21)22/h3-4,8,10-11,14-15H,5-7H2,1-2H3,(H,19,20)(H,21,22)/t10-,11-,14+,15+/m0/s1. The first-order chi connectivity index (χ1) is 11.4. The molecule has 2 aliphatic carbocycles. The van der Waals surface area contributed by atoms with Crippen molar-refractivity contribution in [1.29, 1.82) is 0 Å². The molecule has 24 heavy (non-hydrogen) atoms. The maximum Gasteiger partial charge on any atom is 0.337 e. The monoisotopic (exact) mass is 331 g/mol. The molecule has 1 amide bonds. The van der Waals surface area contributed by atoms with Crippen molar-refractivity contribution in [3.05, 3.63) is 29.3 Å². The van der Waals surface area contributed by atoms with Crippen molar-refractivity contribution in [3.8, 4) is 0 Å². The Labute approximate surface area is 140 Å². The average molecular weight is 331 g/mol. The molecule has 0 saturated heterocycles. The molecule has 4 atom stereocenters. The van der Waals surface area contributed by atoms with E-state index in [9.17, 15) is 19.5 Å². The second-order valence-corrected chi connectivity index (χ2v) is 6.73. The Morgan fingerprint density at radius 1 is 1.17 bits per heavy atom. The number of esters is 1. The highest BCUT2D eigenvalue weighted by atomic mass is 16.5. The summed E-state index contributed by atoms with van der Waals surface area (Å²) in [6.07, 6.45) is 2.62. The minimum atomic E-state index is -0.887. The number of ether oxygens (including phenoxy) is 1. The summed E-state index contributed by atoms with van der Waals surface area (Å²) in [4.78, 5) is 36.0. The van der Waals surface area contributed by atoms with Gasteiger partial charge in [0.25, 0.3) is 0 Å². The molecule has 0 heterocycles. The molecular weight excluding hydrogens is 310 g/mol. The fourth-order valence-corrected chi connectivity index (χ4v) is 4.24. The normalized spacial score (nSPS) is 27.8. The third-order valence-corrected chi connectivity index (χ3v) is 5.42. The molecule has 0 spiro atoms. The van der Waals surface area contributed by atoms with Crippen LogP contribution in [0.4, 0.5) is 5.69 Å². The molecule has 1 aromatic carbocycles. The van der Waals surface area contributed by atoms with Gasteiger partial charge in [-0.05, 0) is 55.7 Å². The smallest absolute Gasteiger partial charge is 0.337 e. The number of carboxylic acid groups (broad SMARTS) is 1. The number of methoxy groups -OCH3 is 1. The van der Waals surface area contributed by atoms with Crippen LogP contribution in [-0.4, -0.2) is 30.1 Å². The van der Waals surface area contributed by atoms with E-state index >= 15 is 0 Å². The van der Waals surface area contributed by atoms with Crippen LogP contribution in [0.1, 0.15) is 35.2 Å². The zero-order chi connectivity index (χ0) is 17.4. The lowest BCUT2D eigenvalue weighted by Crippen LogP contribution is -2.38. The van der Waals surface area contributed by atoms with Crippen molar-refractivity contribution in [2.75, 3.05) is 12.4 Å². The van der Waals surface area contributed by atoms with E-state index in [0.29, 0.717) is 11.3 Å². The predicted octanol–water partition coefficient (Wildman–Crippen LogP) is 2.47. The SMILES string of the molecule is COC(=O)c1ccc(C)c(NC(=O)[C@@H]2[C@H]3CC[C@@H](C3)[C@H]2C(=O)O)c1. The summed E-state index contributed by atoms with van der Waals surface area (Å²) in [5, 5.41) is 12.3. The lowest BCUT2D eigenvalue weighted by atomic mass is 9.78. The molecule has 6 nitrogen and oxygen atoms in total. The Balaban J connectivity index is 1.82. The zero-order valence-corrected chi connectivity index (χ0v) is 13.7. The highest BCUT2D eigenvalue weighted by molar-refractivity contribution is 5.98. The number of fused-ring (bicyclic) bond motifs is 2. The summed E-state index contributed by atoms with van der Waals surface area (Å²) in [5.41, 5.74) is 1.68. The molecule has 6 heteroatoms. The van der Waals surface area contributed by atoms with Crippen LogP contribution in [0.2, 0.25) is 0 Å². The van der Waals surface area contributed by atoms with Gasteiger partial charge in [-0.2, -0.15) is 0 Å². The third-order valence-electron chi connectivity index (χ3n) is 5.42. The molecule has 0 unspecified atom stereocenters. The number of hydrogen-bond acceptors (Lipinski definition) is 4. The number of amides is 1. The highest BCUT2D eigenvalue weighted by Gasteiger charge is 2.54. The minimum absolute atomic E-state index is 0.103. The molecule has 2 saturated carbocycles. The molecule has 0 radical (unpaired) electrons. The van der Waals surface area contributed by atoms with Gasteiger partial charge in [-0.25, -0.2) is 4.79 Å². The van der Waals surface area contributed by atoms with E-state index in [2.05, 4.69) is 5.32 Å². The molecule has 3 rings (SSSR count). The first-order valence-corrected chi connectivity index (χ1v) is 8.15. The Morgan fingerprint density at radius 3 is 2.46 bits per heavy atom. The summed E-state index contributed by atoms with van der Waals surface area (Å²) < 4.78 is 4.70. The molecular formula is C18H21NO5. The van der Waals surface area contributed by atoms with Crippen molar-refractivity contribution in [2.45, 2.75) is 26.2 Å². The number of benzene rings is 1. The van der Waals surface area contributed by atoms with Gasteiger partial charge in [0.1, 0.15) is 0 Å².